The van der Waals surface area contributed by atoms with E-state index < -0.39 is 5.41 Å². The number of hydrogen-bond acceptors (Lipinski definition) is 4. The number of benzene rings is 3. The van der Waals surface area contributed by atoms with E-state index in [0.717, 1.165) is 61.9 Å². The second kappa shape index (κ2) is 7.39. The minimum Gasteiger partial charge on any atom is -0.457 e. The molecule has 5 heterocycles. The molecule has 4 aromatic heterocycles. The Morgan fingerprint density at radius 3 is 2.10 bits per heavy atom. The van der Waals surface area contributed by atoms with E-state index in [0.29, 0.717) is 0 Å². The molecular weight excluding hydrogens is 480 g/mol. The van der Waals surface area contributed by atoms with Gasteiger partial charge in [0.25, 0.3) is 0 Å². The molecule has 0 unspecified atom stereocenters. The minimum absolute atomic E-state index is 0.571. The summed E-state index contributed by atoms with van der Waals surface area (Å²) in [7, 11) is 0. The first-order valence-corrected chi connectivity index (χ1v) is 13.0. The number of hydrogen-bond donors (Lipinski definition) is 0. The van der Waals surface area contributed by atoms with Crippen LogP contribution in [-0.2, 0) is 5.41 Å². The summed E-state index contributed by atoms with van der Waals surface area (Å²) in [4.78, 5) is 14.1. The van der Waals surface area contributed by atoms with E-state index in [1.165, 1.54) is 10.8 Å². The molecule has 3 aromatic carbocycles. The van der Waals surface area contributed by atoms with E-state index >= 15 is 0 Å². The zero-order chi connectivity index (χ0) is 25.6. The average molecular weight is 501 g/mol. The van der Waals surface area contributed by atoms with Crippen LogP contribution in [0.25, 0.3) is 38.9 Å². The summed E-state index contributed by atoms with van der Waals surface area (Å²) < 4.78 is 8.96. The van der Waals surface area contributed by atoms with Crippen LogP contribution in [0.2, 0.25) is 0 Å². The predicted octanol–water partition coefficient (Wildman–Crippen LogP) is 7.44. The lowest BCUT2D eigenvalue weighted by Crippen LogP contribution is -2.32. The molecule has 39 heavy (non-hydrogen) atoms. The second-order valence-corrected chi connectivity index (χ2v) is 10.1. The van der Waals surface area contributed by atoms with Crippen LogP contribution in [0.1, 0.15) is 22.3 Å². The Labute approximate surface area is 224 Å². The Balaban J connectivity index is 1.38. The zero-order valence-electron chi connectivity index (χ0n) is 20.7. The van der Waals surface area contributed by atoms with Crippen molar-refractivity contribution in [2.24, 2.45) is 0 Å². The molecule has 182 valence electrons. The van der Waals surface area contributed by atoms with Crippen LogP contribution in [-0.4, -0.2) is 19.5 Å². The number of rotatable bonds is 1. The fourth-order valence-electron chi connectivity index (χ4n) is 6.79. The molecule has 9 rings (SSSR count). The first-order valence-electron chi connectivity index (χ1n) is 13.0. The van der Waals surface area contributed by atoms with E-state index in [-0.39, 0.29) is 0 Å². The summed E-state index contributed by atoms with van der Waals surface area (Å²) in [5.74, 6) is 1.67. The van der Waals surface area contributed by atoms with Crippen LogP contribution in [0.3, 0.4) is 0 Å². The van der Waals surface area contributed by atoms with E-state index in [9.17, 15) is 0 Å². The van der Waals surface area contributed by atoms with Crippen molar-refractivity contribution < 1.29 is 4.74 Å². The van der Waals surface area contributed by atoms with Gasteiger partial charge in [-0.3, -0.25) is 15.0 Å². The summed E-state index contributed by atoms with van der Waals surface area (Å²) in [6.07, 6.45) is 7.49. The number of aromatic nitrogens is 4. The van der Waals surface area contributed by atoms with Gasteiger partial charge >= 0.3 is 0 Å². The number of nitrogens with zero attached hydrogens (tertiary/aromatic N) is 4. The van der Waals surface area contributed by atoms with Gasteiger partial charge in [-0.1, -0.05) is 54.6 Å². The third-order valence-electron chi connectivity index (χ3n) is 8.26. The van der Waals surface area contributed by atoms with Crippen molar-refractivity contribution in [3.63, 3.8) is 0 Å². The number of ether oxygens (including phenoxy) is 1. The lowest BCUT2D eigenvalue weighted by atomic mass is 9.66. The Kier molecular flexibility index (Phi) is 3.93. The Hall–Kier alpha value is -5.29. The highest BCUT2D eigenvalue weighted by Crippen LogP contribution is 2.61. The van der Waals surface area contributed by atoms with Gasteiger partial charge in [-0.25, -0.2) is 0 Å². The van der Waals surface area contributed by atoms with Crippen molar-refractivity contribution >= 4 is 21.8 Å². The molecule has 0 N–H and O–H groups in total. The van der Waals surface area contributed by atoms with Crippen LogP contribution in [0.4, 0.5) is 0 Å². The molecular formula is C34H20N4O. The zero-order valence-corrected chi connectivity index (χ0v) is 20.7. The third kappa shape index (κ3) is 2.52. The normalized spacial score (nSPS) is 14.1. The van der Waals surface area contributed by atoms with Crippen LogP contribution >= 0.6 is 0 Å². The molecule has 1 aliphatic heterocycles. The second-order valence-electron chi connectivity index (χ2n) is 10.1. The van der Waals surface area contributed by atoms with E-state index in [2.05, 4.69) is 88.4 Å². The van der Waals surface area contributed by atoms with E-state index in [1.807, 2.05) is 43.0 Å². The molecule has 5 heteroatoms. The SMILES string of the molecule is c1ccc2c(c1)Oc1cc(-n3c4ccccc4c4ccncc43)ccc1C21c2cccnc2-c2ncccc21. The fourth-order valence-corrected chi connectivity index (χ4v) is 6.79. The number of pyridine rings is 3. The summed E-state index contributed by atoms with van der Waals surface area (Å²) in [6.45, 7) is 0. The van der Waals surface area contributed by atoms with Crippen molar-refractivity contribution in [1.82, 2.24) is 19.5 Å². The molecule has 0 saturated heterocycles. The number of fused-ring (bicyclic) bond motifs is 12. The van der Waals surface area contributed by atoms with Gasteiger partial charge in [0.1, 0.15) is 11.5 Å². The van der Waals surface area contributed by atoms with Gasteiger partial charge in [0, 0.05) is 52.2 Å². The van der Waals surface area contributed by atoms with Crippen molar-refractivity contribution in [1.29, 1.82) is 0 Å². The van der Waals surface area contributed by atoms with Crippen molar-refractivity contribution in [3.05, 3.63) is 144 Å². The molecule has 5 nitrogen and oxygen atoms in total. The first kappa shape index (κ1) is 20.7. The highest BCUT2D eigenvalue weighted by molar-refractivity contribution is 6.09. The lowest BCUT2D eigenvalue weighted by Gasteiger charge is -2.39. The van der Waals surface area contributed by atoms with Gasteiger partial charge in [-0.05, 0) is 47.5 Å². The predicted molar refractivity (Wildman–Crippen MR) is 152 cm³/mol. The molecule has 0 saturated carbocycles. The summed E-state index contributed by atoms with van der Waals surface area (Å²) in [5, 5.41) is 2.38. The van der Waals surface area contributed by atoms with Crippen molar-refractivity contribution in [3.8, 4) is 28.6 Å². The summed E-state index contributed by atoms with van der Waals surface area (Å²) in [6, 6.07) is 33.9. The Bertz CT molecular complexity index is 2030. The molecule has 0 atom stereocenters. The molecule has 1 aliphatic carbocycles. The Morgan fingerprint density at radius 1 is 0.564 bits per heavy atom. The molecule has 0 bridgehead atoms. The number of para-hydroxylation sites is 2. The van der Waals surface area contributed by atoms with E-state index in [4.69, 9.17) is 14.7 Å². The highest BCUT2D eigenvalue weighted by Gasteiger charge is 2.52. The van der Waals surface area contributed by atoms with Gasteiger partial charge < -0.3 is 9.30 Å². The van der Waals surface area contributed by atoms with Gasteiger partial charge in [0.05, 0.1) is 34.0 Å². The molecule has 0 radical (unpaired) electrons. The standard InChI is InChI=1S/C34H20N4O/c1-3-11-28-22(7-1)23-15-18-35-20-29(23)38(28)21-13-14-25-31(19-21)39-30-12-4-2-8-24(30)34(25)26-9-5-16-36-32(26)33-27(34)10-6-17-37-33/h1-20H. The Morgan fingerprint density at radius 2 is 1.26 bits per heavy atom. The van der Waals surface area contributed by atoms with Gasteiger partial charge in [0.15, 0.2) is 0 Å². The molecule has 0 amide bonds. The van der Waals surface area contributed by atoms with Crippen LogP contribution in [0, 0.1) is 0 Å². The largest absolute Gasteiger partial charge is 0.457 e. The van der Waals surface area contributed by atoms with Gasteiger partial charge in [-0.15, -0.1) is 0 Å². The maximum absolute atomic E-state index is 6.69. The highest BCUT2D eigenvalue weighted by atomic mass is 16.5. The summed E-state index contributed by atoms with van der Waals surface area (Å²) in [5.41, 5.74) is 8.95. The fraction of sp³-hybridized carbons (Fsp3) is 0.0294. The quantitative estimate of drug-likeness (QED) is 0.235. The first-order chi connectivity index (χ1) is 19.4. The van der Waals surface area contributed by atoms with Gasteiger partial charge in [0.2, 0.25) is 0 Å². The lowest BCUT2D eigenvalue weighted by molar-refractivity contribution is 0.436. The van der Waals surface area contributed by atoms with Crippen LogP contribution < -0.4 is 4.74 Å². The van der Waals surface area contributed by atoms with Crippen molar-refractivity contribution in [2.75, 3.05) is 0 Å². The maximum atomic E-state index is 6.69. The third-order valence-corrected chi connectivity index (χ3v) is 8.26. The van der Waals surface area contributed by atoms with E-state index in [1.54, 1.807) is 0 Å². The molecule has 0 fully saturated rings. The molecule has 2 aliphatic rings. The topological polar surface area (TPSA) is 52.8 Å². The smallest absolute Gasteiger partial charge is 0.134 e. The summed E-state index contributed by atoms with van der Waals surface area (Å²) >= 11 is 0. The van der Waals surface area contributed by atoms with Crippen LogP contribution in [0.5, 0.6) is 11.5 Å². The minimum atomic E-state index is -0.571. The monoisotopic (exact) mass is 500 g/mol. The van der Waals surface area contributed by atoms with Crippen LogP contribution in [0.15, 0.2) is 122 Å². The molecule has 7 aromatic rings. The van der Waals surface area contributed by atoms with Gasteiger partial charge in [-0.2, -0.15) is 0 Å². The average Bonchev–Trinajstić information content (AvgIpc) is 3.49. The maximum Gasteiger partial charge on any atom is 0.134 e. The van der Waals surface area contributed by atoms with Crippen molar-refractivity contribution in [2.45, 2.75) is 5.41 Å². The molecule has 1 spiro atoms.